The molecule has 0 spiro atoms. The van der Waals surface area contributed by atoms with Crippen molar-refractivity contribution in [2.75, 3.05) is 19.0 Å². The molecule has 5 N–H and O–H groups in total. The maximum absolute atomic E-state index is 11.8. The maximum Gasteiger partial charge on any atom is 0.280 e. The Kier molecular flexibility index (Phi) is 3.37. The predicted octanol–water partition coefficient (Wildman–Crippen LogP) is -2.23. The second kappa shape index (κ2) is 5.07. The Morgan fingerprint density at radius 1 is 1.48 bits per heavy atom. The fraction of sp³-hybridized carbons (Fsp3) is 0.545. The summed E-state index contributed by atoms with van der Waals surface area (Å²) in [6.07, 6.45) is -3.09. The molecule has 3 heterocycles. The second-order valence-corrected chi connectivity index (χ2v) is 4.72. The Balaban J connectivity index is 2.09. The molecule has 2 aromatic rings. The van der Waals surface area contributed by atoms with Crippen molar-refractivity contribution in [3.8, 4) is 0 Å². The average molecular weight is 297 g/mol. The maximum atomic E-state index is 11.8. The van der Waals surface area contributed by atoms with Gasteiger partial charge in [0.1, 0.15) is 18.3 Å². The molecule has 21 heavy (non-hydrogen) atoms. The normalized spacial score (nSPS) is 29.1. The molecule has 1 saturated heterocycles. The summed E-state index contributed by atoms with van der Waals surface area (Å²) in [7, 11) is 1.59. The van der Waals surface area contributed by atoms with Crippen LogP contribution in [0.2, 0.25) is 0 Å². The summed E-state index contributed by atoms with van der Waals surface area (Å²) in [5.41, 5.74) is -0.139. The van der Waals surface area contributed by atoms with E-state index in [1.54, 1.807) is 7.05 Å². The van der Waals surface area contributed by atoms with Crippen molar-refractivity contribution in [1.82, 2.24) is 19.5 Å². The van der Waals surface area contributed by atoms with Gasteiger partial charge in [0.15, 0.2) is 17.4 Å². The number of fused-ring (bicyclic) bond motifs is 1. The number of rotatable bonds is 3. The molecular formula is C11H15N5O5. The topological polar surface area (TPSA) is 146 Å². The summed E-state index contributed by atoms with van der Waals surface area (Å²) in [6.45, 7) is -0.433. The van der Waals surface area contributed by atoms with Crippen LogP contribution in [0.1, 0.15) is 6.23 Å². The minimum absolute atomic E-state index is 0.0896. The molecule has 1 aliphatic heterocycles. The van der Waals surface area contributed by atoms with Gasteiger partial charge in [-0.15, -0.1) is 0 Å². The van der Waals surface area contributed by atoms with Gasteiger partial charge >= 0.3 is 0 Å². The minimum atomic E-state index is -1.27. The van der Waals surface area contributed by atoms with Crippen LogP contribution in [-0.4, -0.2) is 66.8 Å². The molecular weight excluding hydrogens is 282 g/mol. The first-order valence-corrected chi connectivity index (χ1v) is 6.34. The summed E-state index contributed by atoms with van der Waals surface area (Å²) >= 11 is 0. The lowest BCUT2D eigenvalue weighted by atomic mass is 10.1. The van der Waals surface area contributed by atoms with Crippen LogP contribution in [0.15, 0.2) is 11.1 Å². The van der Waals surface area contributed by atoms with Crippen molar-refractivity contribution in [1.29, 1.82) is 0 Å². The minimum Gasteiger partial charge on any atom is -0.394 e. The number of imidazole rings is 1. The van der Waals surface area contributed by atoms with E-state index in [1.165, 1.54) is 10.9 Å². The number of H-pyrrole nitrogens is 1. The summed E-state index contributed by atoms with van der Waals surface area (Å²) < 4.78 is 6.76. The lowest BCUT2D eigenvalue weighted by Crippen LogP contribution is -2.33. The van der Waals surface area contributed by atoms with E-state index in [9.17, 15) is 15.0 Å². The number of ether oxygens (including phenoxy) is 1. The Labute approximate surface area is 118 Å². The van der Waals surface area contributed by atoms with Gasteiger partial charge < -0.3 is 25.4 Å². The fourth-order valence-electron chi connectivity index (χ4n) is 2.34. The molecule has 1 aliphatic rings. The number of aromatic amines is 1. The van der Waals surface area contributed by atoms with Crippen LogP contribution < -0.4 is 10.9 Å². The molecule has 114 valence electrons. The Morgan fingerprint density at radius 3 is 2.86 bits per heavy atom. The van der Waals surface area contributed by atoms with Crippen molar-refractivity contribution in [3.63, 3.8) is 0 Å². The van der Waals surface area contributed by atoms with Gasteiger partial charge in [0.25, 0.3) is 5.56 Å². The van der Waals surface area contributed by atoms with Crippen molar-refractivity contribution in [3.05, 3.63) is 16.7 Å². The molecule has 2 aromatic heterocycles. The SMILES string of the molecule is CNc1nc2c(ncn2[C@@H]2O[C@H](CO)C(O)[C@@H]2O)c(=O)[nH]1. The zero-order chi connectivity index (χ0) is 15.1. The lowest BCUT2D eigenvalue weighted by Gasteiger charge is -2.16. The van der Waals surface area contributed by atoms with Gasteiger partial charge in [0, 0.05) is 7.05 Å². The number of aliphatic hydroxyl groups excluding tert-OH is 3. The molecule has 0 aliphatic carbocycles. The molecule has 0 bridgehead atoms. The molecule has 10 heteroatoms. The highest BCUT2D eigenvalue weighted by Crippen LogP contribution is 2.30. The molecule has 0 aromatic carbocycles. The molecule has 1 unspecified atom stereocenters. The summed E-state index contributed by atoms with van der Waals surface area (Å²) in [6, 6.07) is 0. The van der Waals surface area contributed by atoms with E-state index in [0.717, 1.165) is 0 Å². The van der Waals surface area contributed by atoms with E-state index >= 15 is 0 Å². The third-order valence-electron chi connectivity index (χ3n) is 3.46. The highest BCUT2D eigenvalue weighted by Gasteiger charge is 2.44. The fourth-order valence-corrected chi connectivity index (χ4v) is 2.34. The van der Waals surface area contributed by atoms with E-state index < -0.39 is 36.7 Å². The summed E-state index contributed by atoms with van der Waals surface area (Å²) in [5, 5.41) is 31.6. The highest BCUT2D eigenvalue weighted by atomic mass is 16.6. The standard InChI is InChI=1S/C11H15N5O5/c1-12-11-14-8-5(9(20)15-11)13-3-16(8)10-7(19)6(18)4(2-17)21-10/h3-4,6-7,10,17-19H,2H2,1H3,(H2,12,14,15,20)/t4-,6?,7+,10-/m1/s1. The molecule has 0 radical (unpaired) electrons. The van der Waals surface area contributed by atoms with Crippen LogP contribution in [-0.2, 0) is 4.74 Å². The third kappa shape index (κ3) is 2.08. The van der Waals surface area contributed by atoms with Crippen LogP contribution in [0, 0.1) is 0 Å². The van der Waals surface area contributed by atoms with E-state index in [1.807, 2.05) is 0 Å². The van der Waals surface area contributed by atoms with Crippen LogP contribution in [0.4, 0.5) is 5.95 Å². The number of hydrogen-bond acceptors (Lipinski definition) is 8. The summed E-state index contributed by atoms with van der Waals surface area (Å²) in [5.74, 6) is 0.237. The molecule has 0 amide bonds. The number of aromatic nitrogens is 4. The summed E-state index contributed by atoms with van der Waals surface area (Å²) in [4.78, 5) is 22.5. The van der Waals surface area contributed by atoms with Crippen LogP contribution in [0.3, 0.4) is 0 Å². The van der Waals surface area contributed by atoms with Gasteiger partial charge in [-0.25, -0.2) is 4.98 Å². The first-order valence-electron chi connectivity index (χ1n) is 6.34. The molecule has 10 nitrogen and oxygen atoms in total. The monoisotopic (exact) mass is 297 g/mol. The third-order valence-corrected chi connectivity index (χ3v) is 3.46. The average Bonchev–Trinajstić information content (AvgIpc) is 3.02. The van der Waals surface area contributed by atoms with Gasteiger partial charge in [-0.2, -0.15) is 4.98 Å². The Bertz CT molecular complexity index is 713. The lowest BCUT2D eigenvalue weighted by molar-refractivity contribution is -0.0511. The quantitative estimate of drug-likeness (QED) is 0.428. The first kappa shape index (κ1) is 13.9. The van der Waals surface area contributed by atoms with Crippen LogP contribution in [0.5, 0.6) is 0 Å². The first-order chi connectivity index (χ1) is 10.1. The number of nitrogens with one attached hydrogen (secondary N) is 2. The van der Waals surface area contributed by atoms with Gasteiger partial charge in [-0.3, -0.25) is 14.3 Å². The van der Waals surface area contributed by atoms with Gasteiger partial charge in [-0.05, 0) is 0 Å². The number of aliphatic hydroxyl groups is 3. The molecule has 1 fully saturated rings. The van der Waals surface area contributed by atoms with Crippen LogP contribution >= 0.6 is 0 Å². The Morgan fingerprint density at radius 2 is 2.24 bits per heavy atom. The molecule has 3 rings (SSSR count). The van der Waals surface area contributed by atoms with Crippen molar-refractivity contribution < 1.29 is 20.1 Å². The van der Waals surface area contributed by atoms with Gasteiger partial charge in [0.05, 0.1) is 12.9 Å². The van der Waals surface area contributed by atoms with E-state index in [2.05, 4.69) is 20.3 Å². The largest absolute Gasteiger partial charge is 0.394 e. The van der Waals surface area contributed by atoms with Gasteiger partial charge in [-0.1, -0.05) is 0 Å². The zero-order valence-corrected chi connectivity index (χ0v) is 11.1. The zero-order valence-electron chi connectivity index (χ0n) is 11.1. The number of anilines is 1. The number of nitrogens with zero attached hydrogens (tertiary/aromatic N) is 3. The van der Waals surface area contributed by atoms with E-state index in [0.29, 0.717) is 0 Å². The second-order valence-electron chi connectivity index (χ2n) is 4.72. The number of hydrogen-bond donors (Lipinski definition) is 5. The van der Waals surface area contributed by atoms with E-state index in [-0.39, 0.29) is 17.1 Å². The highest BCUT2D eigenvalue weighted by molar-refractivity contribution is 5.70. The van der Waals surface area contributed by atoms with Crippen molar-refractivity contribution in [2.24, 2.45) is 0 Å². The van der Waals surface area contributed by atoms with E-state index in [4.69, 9.17) is 9.84 Å². The van der Waals surface area contributed by atoms with Gasteiger partial charge in [0.2, 0.25) is 5.95 Å². The molecule has 0 saturated carbocycles. The van der Waals surface area contributed by atoms with Crippen molar-refractivity contribution in [2.45, 2.75) is 24.5 Å². The molecule has 4 atom stereocenters. The Hall–Kier alpha value is -2.01. The van der Waals surface area contributed by atoms with Crippen molar-refractivity contribution >= 4 is 17.1 Å². The predicted molar refractivity (Wildman–Crippen MR) is 70.7 cm³/mol. The smallest absolute Gasteiger partial charge is 0.280 e. The van der Waals surface area contributed by atoms with Crippen LogP contribution in [0.25, 0.3) is 11.2 Å².